The van der Waals surface area contributed by atoms with E-state index in [1.54, 1.807) is 45.3 Å². The van der Waals surface area contributed by atoms with Gasteiger partial charge in [-0.15, -0.1) is 0 Å². The van der Waals surface area contributed by atoms with Gasteiger partial charge in [0.25, 0.3) is 5.91 Å². The number of fused-ring (bicyclic) bond motifs is 1. The van der Waals surface area contributed by atoms with E-state index in [0.29, 0.717) is 23.5 Å². The molecule has 3 atom stereocenters. The van der Waals surface area contributed by atoms with E-state index in [2.05, 4.69) is 27.5 Å². The molecule has 162 valence electrons. The van der Waals surface area contributed by atoms with Crippen molar-refractivity contribution in [1.29, 1.82) is 0 Å². The number of carbonyl (C=O) groups is 3. The summed E-state index contributed by atoms with van der Waals surface area (Å²) >= 11 is 0. The molecule has 8 heteroatoms. The topological polar surface area (TPSA) is 103 Å². The van der Waals surface area contributed by atoms with Crippen LogP contribution in [0.5, 0.6) is 0 Å². The van der Waals surface area contributed by atoms with Gasteiger partial charge in [0.1, 0.15) is 17.9 Å². The number of rotatable bonds is 7. The molecule has 0 fully saturated rings. The molecule has 3 rings (SSSR count). The van der Waals surface area contributed by atoms with Gasteiger partial charge in [-0.25, -0.2) is 4.98 Å². The Morgan fingerprint density at radius 1 is 1.16 bits per heavy atom. The highest BCUT2D eigenvalue weighted by Gasteiger charge is 2.42. The molecule has 0 radical (unpaired) electrons. The molecule has 0 saturated heterocycles. The second-order valence-corrected chi connectivity index (χ2v) is 7.57. The van der Waals surface area contributed by atoms with Crippen LogP contribution in [0.3, 0.4) is 0 Å². The Labute approximate surface area is 181 Å². The molecule has 2 aromatic rings. The molecule has 0 spiro atoms. The van der Waals surface area contributed by atoms with Crippen LogP contribution in [0.2, 0.25) is 0 Å². The minimum atomic E-state index is -0.983. The Morgan fingerprint density at radius 3 is 2.52 bits per heavy atom. The molecule has 0 bridgehead atoms. The molecule has 31 heavy (non-hydrogen) atoms. The van der Waals surface area contributed by atoms with Gasteiger partial charge in [-0.1, -0.05) is 30.8 Å². The predicted molar refractivity (Wildman–Crippen MR) is 120 cm³/mol. The summed E-state index contributed by atoms with van der Waals surface area (Å²) in [6, 6.07) is 10.4. The average molecular weight is 422 g/mol. The van der Waals surface area contributed by atoms with E-state index < -0.39 is 24.0 Å². The lowest BCUT2D eigenvalue weighted by atomic mass is 10.1. The summed E-state index contributed by atoms with van der Waals surface area (Å²) < 4.78 is 0. The van der Waals surface area contributed by atoms with Crippen molar-refractivity contribution < 1.29 is 14.4 Å². The number of amides is 3. The van der Waals surface area contributed by atoms with E-state index in [1.165, 1.54) is 4.90 Å². The molecule has 0 aliphatic carbocycles. The van der Waals surface area contributed by atoms with Crippen LogP contribution in [-0.2, 0) is 20.8 Å². The predicted octanol–water partition coefficient (Wildman–Crippen LogP) is 1.65. The molecular formula is C23H27N5O3. The summed E-state index contributed by atoms with van der Waals surface area (Å²) in [5.41, 5.74) is 1.89. The van der Waals surface area contributed by atoms with Crippen molar-refractivity contribution in [3.63, 3.8) is 0 Å². The monoisotopic (exact) mass is 421 g/mol. The largest absolute Gasteiger partial charge is 0.339 e. The second kappa shape index (κ2) is 9.53. The zero-order valence-corrected chi connectivity index (χ0v) is 17.9. The van der Waals surface area contributed by atoms with Crippen LogP contribution in [0.4, 0.5) is 11.5 Å². The van der Waals surface area contributed by atoms with Gasteiger partial charge < -0.3 is 16.0 Å². The molecule has 1 aromatic heterocycles. The molecule has 0 unspecified atom stereocenters. The molecule has 2 heterocycles. The maximum atomic E-state index is 13.6. The molecular weight excluding hydrogens is 394 g/mol. The number of carbonyl (C=O) groups excluding carboxylic acids is 3. The number of nitrogens with zero attached hydrogens (tertiary/aromatic N) is 2. The fourth-order valence-corrected chi connectivity index (χ4v) is 3.40. The lowest BCUT2D eigenvalue weighted by Crippen LogP contribution is -2.56. The molecule has 3 amide bonds. The van der Waals surface area contributed by atoms with Crippen molar-refractivity contribution in [2.45, 2.75) is 38.4 Å². The quantitative estimate of drug-likeness (QED) is 0.590. The van der Waals surface area contributed by atoms with Crippen molar-refractivity contribution in [3.05, 3.63) is 66.4 Å². The summed E-state index contributed by atoms with van der Waals surface area (Å²) in [4.78, 5) is 44.8. The Bertz CT molecular complexity index is 992. The van der Waals surface area contributed by atoms with E-state index in [4.69, 9.17) is 0 Å². The average Bonchev–Trinajstić information content (AvgIpc) is 3.16. The van der Waals surface area contributed by atoms with Crippen molar-refractivity contribution in [3.8, 4) is 0 Å². The summed E-state index contributed by atoms with van der Waals surface area (Å²) in [6.07, 6.45) is 1.91. The number of likely N-dealkylation sites (N-methyl/N-ethyl adjacent to an activating group) is 1. The molecule has 3 N–H and O–H groups in total. The summed E-state index contributed by atoms with van der Waals surface area (Å²) in [6.45, 7) is 7.24. The van der Waals surface area contributed by atoms with Crippen LogP contribution in [-0.4, -0.2) is 47.9 Å². The number of anilines is 2. The van der Waals surface area contributed by atoms with Crippen molar-refractivity contribution in [2.24, 2.45) is 0 Å². The van der Waals surface area contributed by atoms with Gasteiger partial charge in [0.15, 0.2) is 0 Å². The molecule has 1 aliphatic rings. The van der Waals surface area contributed by atoms with Gasteiger partial charge in [-0.3, -0.25) is 19.3 Å². The van der Waals surface area contributed by atoms with Gasteiger partial charge in [0, 0.05) is 18.3 Å². The van der Waals surface area contributed by atoms with Crippen LogP contribution in [0.25, 0.3) is 0 Å². The number of para-hydroxylation sites is 1. The van der Waals surface area contributed by atoms with E-state index >= 15 is 0 Å². The molecule has 1 aromatic carbocycles. The Hall–Kier alpha value is -3.52. The number of nitrogens with one attached hydrogen (secondary N) is 3. The van der Waals surface area contributed by atoms with Gasteiger partial charge in [-0.05, 0) is 50.2 Å². The fraction of sp³-hybridized carbons (Fsp3) is 0.304. The number of hydrogen-bond acceptors (Lipinski definition) is 5. The highest BCUT2D eigenvalue weighted by Crippen LogP contribution is 2.31. The van der Waals surface area contributed by atoms with Crippen LogP contribution in [0.1, 0.15) is 19.4 Å². The van der Waals surface area contributed by atoms with Gasteiger partial charge in [0.2, 0.25) is 11.8 Å². The summed E-state index contributed by atoms with van der Waals surface area (Å²) in [7, 11) is 1.66. The van der Waals surface area contributed by atoms with Gasteiger partial charge in [-0.2, -0.15) is 0 Å². The maximum absolute atomic E-state index is 13.6. The highest BCUT2D eigenvalue weighted by atomic mass is 16.2. The Balaban J connectivity index is 1.91. The maximum Gasteiger partial charge on any atom is 0.255 e. The van der Waals surface area contributed by atoms with Crippen LogP contribution >= 0.6 is 0 Å². The third-order valence-electron chi connectivity index (χ3n) is 5.25. The van der Waals surface area contributed by atoms with E-state index in [0.717, 1.165) is 5.56 Å². The zero-order valence-electron chi connectivity index (χ0n) is 17.9. The third-order valence-corrected chi connectivity index (χ3v) is 5.25. The number of aromatic nitrogens is 1. The lowest BCUT2D eigenvalue weighted by molar-refractivity contribution is -0.128. The molecule has 0 saturated carbocycles. The fourth-order valence-electron chi connectivity index (χ4n) is 3.40. The standard InChI is InChI=1S/C23H27N5O3/c1-14(2)19(27-21(29)15(3)24-4)23(31)28-18(13-16-9-8-12-25-20(16)28)22(30)26-17-10-6-5-7-11-17/h5-12,15,18-19,24H,1,13H2,2-4H3,(H,26,30)(H,27,29)/t15-,18-,19-/m0/s1. The zero-order chi connectivity index (χ0) is 22.5. The number of benzene rings is 1. The van der Waals surface area contributed by atoms with Crippen LogP contribution < -0.4 is 20.9 Å². The smallest absolute Gasteiger partial charge is 0.255 e. The molecule has 8 nitrogen and oxygen atoms in total. The van der Waals surface area contributed by atoms with Crippen molar-refractivity contribution >= 4 is 29.2 Å². The summed E-state index contributed by atoms with van der Waals surface area (Å²) in [5, 5.41) is 8.44. The summed E-state index contributed by atoms with van der Waals surface area (Å²) in [5.74, 6) is -0.694. The second-order valence-electron chi connectivity index (χ2n) is 7.57. The lowest BCUT2D eigenvalue weighted by Gasteiger charge is -2.29. The Kier molecular flexibility index (Phi) is 6.81. The van der Waals surface area contributed by atoms with Gasteiger partial charge in [0.05, 0.1) is 6.04 Å². The van der Waals surface area contributed by atoms with E-state index in [1.807, 2.05) is 24.3 Å². The first-order valence-electron chi connectivity index (χ1n) is 10.1. The third kappa shape index (κ3) is 4.80. The first kappa shape index (κ1) is 22.2. The van der Waals surface area contributed by atoms with Gasteiger partial charge >= 0.3 is 0 Å². The van der Waals surface area contributed by atoms with Crippen molar-refractivity contribution in [2.75, 3.05) is 17.3 Å². The minimum Gasteiger partial charge on any atom is -0.339 e. The molecule has 1 aliphatic heterocycles. The SMILES string of the molecule is C=C(C)[C@H](NC(=O)[C@H](C)NC)C(=O)N1c2ncccc2C[C@H]1C(=O)Nc1ccccc1. The Morgan fingerprint density at radius 2 is 1.87 bits per heavy atom. The van der Waals surface area contributed by atoms with Crippen LogP contribution in [0.15, 0.2) is 60.8 Å². The van der Waals surface area contributed by atoms with E-state index in [-0.39, 0.29) is 11.8 Å². The first-order chi connectivity index (χ1) is 14.8. The number of pyridine rings is 1. The van der Waals surface area contributed by atoms with E-state index in [9.17, 15) is 14.4 Å². The normalized spacial score (nSPS) is 16.7. The highest BCUT2D eigenvalue weighted by molar-refractivity contribution is 6.09. The van der Waals surface area contributed by atoms with Crippen molar-refractivity contribution in [1.82, 2.24) is 15.6 Å². The first-order valence-corrected chi connectivity index (χ1v) is 10.1. The number of hydrogen-bond donors (Lipinski definition) is 3. The van der Waals surface area contributed by atoms with Crippen LogP contribution in [0, 0.1) is 0 Å². The minimum absolute atomic E-state index is 0.326.